The van der Waals surface area contributed by atoms with Crippen LogP contribution in [0.2, 0.25) is 0 Å². The molecule has 2 aromatic heterocycles. The molecule has 0 saturated heterocycles. The van der Waals surface area contributed by atoms with Gasteiger partial charge in [0.1, 0.15) is 6.04 Å². The van der Waals surface area contributed by atoms with Gasteiger partial charge in [0.15, 0.2) is 0 Å². The minimum absolute atomic E-state index is 0.629. The van der Waals surface area contributed by atoms with E-state index in [1.807, 2.05) is 6.07 Å². The number of carbonyl (C=O) groups is 1. The smallest absolute Gasteiger partial charge is 0.326 e. The summed E-state index contributed by atoms with van der Waals surface area (Å²) in [6.45, 7) is 0.694. The number of hydrogen-bond acceptors (Lipinski definition) is 3. The highest BCUT2D eigenvalue weighted by atomic mass is 16.4. The maximum absolute atomic E-state index is 11.1. The van der Waals surface area contributed by atoms with Gasteiger partial charge in [-0.05, 0) is 18.1 Å². The summed E-state index contributed by atoms with van der Waals surface area (Å²) in [4.78, 5) is 18.3. The summed E-state index contributed by atoms with van der Waals surface area (Å²) in [5.41, 5.74) is 2.77. The second-order valence-corrected chi connectivity index (χ2v) is 3.91. The number of rotatable bonds is 1. The molecule has 82 valence electrons. The van der Waals surface area contributed by atoms with Gasteiger partial charge >= 0.3 is 5.97 Å². The van der Waals surface area contributed by atoms with Crippen molar-refractivity contribution in [2.45, 2.75) is 12.5 Å². The Morgan fingerprint density at radius 2 is 2.44 bits per heavy atom. The van der Waals surface area contributed by atoms with Crippen LogP contribution in [0.5, 0.6) is 0 Å². The quantitative estimate of drug-likeness (QED) is 0.661. The number of pyridine rings is 1. The molecule has 0 saturated carbocycles. The first-order valence-corrected chi connectivity index (χ1v) is 5.18. The zero-order valence-corrected chi connectivity index (χ0v) is 8.53. The average molecular weight is 217 g/mol. The molecular weight excluding hydrogens is 206 g/mol. The van der Waals surface area contributed by atoms with E-state index in [4.69, 9.17) is 5.11 Å². The molecule has 0 spiro atoms. The van der Waals surface area contributed by atoms with Crippen LogP contribution in [0, 0.1) is 0 Å². The zero-order valence-electron chi connectivity index (χ0n) is 8.53. The van der Waals surface area contributed by atoms with Gasteiger partial charge in [0.25, 0.3) is 0 Å². The SMILES string of the molecule is O=C(O)C1NCCc2c1[nH]c1cnccc21. The Balaban J connectivity index is 2.25. The van der Waals surface area contributed by atoms with Crippen molar-refractivity contribution in [3.8, 4) is 0 Å². The van der Waals surface area contributed by atoms with E-state index in [2.05, 4.69) is 15.3 Å². The van der Waals surface area contributed by atoms with Gasteiger partial charge < -0.3 is 10.1 Å². The number of H-pyrrole nitrogens is 1. The maximum atomic E-state index is 11.1. The molecule has 1 aliphatic rings. The van der Waals surface area contributed by atoms with E-state index < -0.39 is 12.0 Å². The molecule has 0 fully saturated rings. The zero-order chi connectivity index (χ0) is 11.1. The van der Waals surface area contributed by atoms with Gasteiger partial charge in [-0.25, -0.2) is 0 Å². The summed E-state index contributed by atoms with van der Waals surface area (Å²) in [5.74, 6) is -0.847. The Morgan fingerprint density at radius 3 is 3.25 bits per heavy atom. The molecule has 3 heterocycles. The van der Waals surface area contributed by atoms with E-state index in [0.29, 0.717) is 6.54 Å². The first-order valence-electron chi connectivity index (χ1n) is 5.18. The van der Waals surface area contributed by atoms with Crippen molar-refractivity contribution in [3.63, 3.8) is 0 Å². The first-order chi connectivity index (χ1) is 7.77. The molecule has 3 N–H and O–H groups in total. The number of carboxylic acids is 1. The minimum Gasteiger partial charge on any atom is -0.480 e. The normalized spacial score (nSPS) is 19.6. The van der Waals surface area contributed by atoms with Crippen LogP contribution >= 0.6 is 0 Å². The molecule has 0 aromatic carbocycles. The van der Waals surface area contributed by atoms with Gasteiger partial charge in [0.2, 0.25) is 0 Å². The van der Waals surface area contributed by atoms with E-state index in [1.54, 1.807) is 12.4 Å². The van der Waals surface area contributed by atoms with Crippen molar-refractivity contribution < 1.29 is 9.90 Å². The van der Waals surface area contributed by atoms with Gasteiger partial charge in [-0.1, -0.05) is 0 Å². The fraction of sp³-hybridized carbons (Fsp3) is 0.273. The van der Waals surface area contributed by atoms with Crippen LogP contribution in [0.4, 0.5) is 0 Å². The summed E-state index contributed by atoms with van der Waals surface area (Å²) in [6, 6.07) is 1.30. The molecule has 1 aliphatic heterocycles. The third kappa shape index (κ3) is 1.22. The fourth-order valence-corrected chi connectivity index (χ4v) is 2.29. The Bertz CT molecular complexity index is 561. The van der Waals surface area contributed by atoms with Crippen molar-refractivity contribution in [3.05, 3.63) is 29.7 Å². The number of fused-ring (bicyclic) bond motifs is 3. The number of aromatic amines is 1. The fourth-order valence-electron chi connectivity index (χ4n) is 2.29. The summed E-state index contributed by atoms with van der Waals surface area (Å²) < 4.78 is 0. The number of nitrogens with zero attached hydrogens (tertiary/aromatic N) is 1. The summed E-state index contributed by atoms with van der Waals surface area (Å²) >= 11 is 0. The van der Waals surface area contributed by atoms with E-state index in [0.717, 1.165) is 28.6 Å². The van der Waals surface area contributed by atoms with Gasteiger partial charge in [0.05, 0.1) is 11.7 Å². The summed E-state index contributed by atoms with van der Waals surface area (Å²) in [7, 11) is 0. The van der Waals surface area contributed by atoms with E-state index in [-0.39, 0.29) is 0 Å². The van der Waals surface area contributed by atoms with Crippen molar-refractivity contribution in [1.29, 1.82) is 0 Å². The molecule has 5 nitrogen and oxygen atoms in total. The van der Waals surface area contributed by atoms with Gasteiger partial charge in [-0.2, -0.15) is 0 Å². The molecule has 1 atom stereocenters. The highest BCUT2D eigenvalue weighted by Gasteiger charge is 2.28. The maximum Gasteiger partial charge on any atom is 0.326 e. The molecule has 0 bridgehead atoms. The molecule has 3 rings (SSSR count). The van der Waals surface area contributed by atoms with Gasteiger partial charge in [-0.3, -0.25) is 15.1 Å². The first kappa shape index (κ1) is 9.35. The molecule has 5 heteroatoms. The van der Waals surface area contributed by atoms with E-state index in [1.165, 1.54) is 0 Å². The van der Waals surface area contributed by atoms with E-state index in [9.17, 15) is 4.79 Å². The molecule has 16 heavy (non-hydrogen) atoms. The largest absolute Gasteiger partial charge is 0.480 e. The lowest BCUT2D eigenvalue weighted by Crippen LogP contribution is -2.34. The standard InChI is InChI=1S/C11H11N3O2/c15-11(16)10-9-7(2-4-13-10)6-1-3-12-5-8(6)14-9/h1,3,5,10,13-14H,2,4H2,(H,15,16). The molecular formula is C11H11N3O2. The lowest BCUT2D eigenvalue weighted by atomic mass is 10.00. The second kappa shape index (κ2) is 3.31. The molecule has 0 radical (unpaired) electrons. The number of carboxylic acid groups (broad SMARTS) is 1. The molecule has 0 amide bonds. The van der Waals surface area contributed by atoms with Gasteiger partial charge in [0, 0.05) is 23.8 Å². The summed E-state index contributed by atoms with van der Waals surface area (Å²) in [6.07, 6.45) is 4.31. The Morgan fingerprint density at radius 1 is 1.56 bits per heavy atom. The van der Waals surface area contributed by atoms with Crippen LogP contribution in [0.1, 0.15) is 17.3 Å². The third-order valence-electron chi connectivity index (χ3n) is 3.00. The highest BCUT2D eigenvalue weighted by molar-refractivity contribution is 5.87. The number of nitrogens with one attached hydrogen (secondary N) is 2. The van der Waals surface area contributed by atoms with E-state index >= 15 is 0 Å². The lowest BCUT2D eigenvalue weighted by Gasteiger charge is -2.20. The Labute approximate surface area is 91.5 Å². The summed E-state index contributed by atoms with van der Waals surface area (Å²) in [5, 5.41) is 13.2. The number of aliphatic carboxylic acids is 1. The Hall–Kier alpha value is -1.88. The molecule has 0 aliphatic carbocycles. The third-order valence-corrected chi connectivity index (χ3v) is 3.00. The number of aromatic nitrogens is 2. The van der Waals surface area contributed by atoms with Crippen LogP contribution in [-0.2, 0) is 11.2 Å². The predicted molar refractivity (Wildman–Crippen MR) is 58.2 cm³/mol. The average Bonchev–Trinajstić information content (AvgIpc) is 2.67. The van der Waals surface area contributed by atoms with Crippen molar-refractivity contribution >= 4 is 16.9 Å². The number of hydrogen-bond donors (Lipinski definition) is 3. The Kier molecular flexibility index (Phi) is 1.94. The highest BCUT2D eigenvalue weighted by Crippen LogP contribution is 2.29. The second-order valence-electron chi connectivity index (χ2n) is 3.91. The van der Waals surface area contributed by atoms with Crippen LogP contribution < -0.4 is 5.32 Å². The van der Waals surface area contributed by atoms with Crippen LogP contribution in [0.3, 0.4) is 0 Å². The minimum atomic E-state index is -0.847. The van der Waals surface area contributed by atoms with Crippen molar-refractivity contribution in [2.24, 2.45) is 0 Å². The molecule has 1 unspecified atom stereocenters. The topological polar surface area (TPSA) is 78.0 Å². The van der Waals surface area contributed by atoms with Crippen molar-refractivity contribution in [2.75, 3.05) is 6.54 Å². The lowest BCUT2D eigenvalue weighted by molar-refractivity contribution is -0.139. The van der Waals surface area contributed by atoms with Crippen molar-refractivity contribution in [1.82, 2.24) is 15.3 Å². The predicted octanol–water partition coefficient (Wildman–Crippen LogP) is 0.834. The van der Waals surface area contributed by atoms with Gasteiger partial charge in [-0.15, -0.1) is 0 Å². The van der Waals surface area contributed by atoms with Crippen LogP contribution in [0.25, 0.3) is 10.9 Å². The van der Waals surface area contributed by atoms with Crippen LogP contribution in [-0.4, -0.2) is 27.6 Å². The monoisotopic (exact) mass is 217 g/mol. The molecule has 2 aromatic rings. The van der Waals surface area contributed by atoms with Crippen LogP contribution in [0.15, 0.2) is 18.5 Å².